The smallest absolute Gasteiger partial charge is 0.243 e. The van der Waals surface area contributed by atoms with Crippen molar-refractivity contribution in [1.29, 1.82) is 0 Å². The molecule has 0 amide bonds. The van der Waals surface area contributed by atoms with Crippen LogP contribution in [0.25, 0.3) is 0 Å². The van der Waals surface area contributed by atoms with Crippen molar-refractivity contribution in [3.63, 3.8) is 0 Å². The van der Waals surface area contributed by atoms with E-state index in [1.165, 1.54) is 10.4 Å². The maximum Gasteiger partial charge on any atom is 0.243 e. The molecule has 1 heterocycles. The fraction of sp³-hybridized carbons (Fsp3) is 0.500. The summed E-state index contributed by atoms with van der Waals surface area (Å²) < 4.78 is 39.1. The van der Waals surface area contributed by atoms with E-state index in [0.717, 1.165) is 18.6 Å². The summed E-state index contributed by atoms with van der Waals surface area (Å²) in [6.45, 7) is 0.862. The van der Waals surface area contributed by atoms with Crippen LogP contribution in [0.1, 0.15) is 12.8 Å². The van der Waals surface area contributed by atoms with Gasteiger partial charge in [0.15, 0.2) is 0 Å². The maximum absolute atomic E-state index is 13.1. The Labute approximate surface area is 116 Å². The second kappa shape index (κ2) is 5.75. The summed E-state index contributed by atoms with van der Waals surface area (Å²) in [7, 11) is -3.63. The fourth-order valence-electron chi connectivity index (χ4n) is 2.22. The molecule has 0 bridgehead atoms. The Balaban J connectivity index is 2.21. The fourth-order valence-corrected chi connectivity index (χ4v) is 4.02. The molecule has 0 aliphatic carbocycles. The van der Waals surface area contributed by atoms with Gasteiger partial charge in [-0.1, -0.05) is 11.6 Å². The van der Waals surface area contributed by atoms with Gasteiger partial charge in [0.2, 0.25) is 10.0 Å². The predicted octanol–water partition coefficient (Wildman–Crippen LogP) is 1.87. The predicted molar refractivity (Wildman–Crippen MR) is 70.0 cm³/mol. The number of sulfonamides is 1. The van der Waals surface area contributed by atoms with Gasteiger partial charge in [-0.05, 0) is 37.0 Å². The number of aliphatic hydroxyl groups is 1. The van der Waals surface area contributed by atoms with Crippen molar-refractivity contribution in [2.45, 2.75) is 17.7 Å². The van der Waals surface area contributed by atoms with Crippen molar-refractivity contribution in [1.82, 2.24) is 4.31 Å². The quantitative estimate of drug-likeness (QED) is 0.924. The van der Waals surface area contributed by atoms with Gasteiger partial charge in [-0.15, -0.1) is 0 Å². The molecule has 2 rings (SSSR count). The van der Waals surface area contributed by atoms with E-state index in [4.69, 9.17) is 16.7 Å². The van der Waals surface area contributed by atoms with Gasteiger partial charge < -0.3 is 5.11 Å². The van der Waals surface area contributed by atoms with E-state index < -0.39 is 15.8 Å². The molecule has 7 heteroatoms. The van der Waals surface area contributed by atoms with Gasteiger partial charge in [0, 0.05) is 19.7 Å². The van der Waals surface area contributed by atoms with E-state index in [-0.39, 0.29) is 22.4 Å². The van der Waals surface area contributed by atoms with Gasteiger partial charge in [0.25, 0.3) is 0 Å². The van der Waals surface area contributed by atoms with Crippen LogP contribution in [-0.4, -0.2) is 37.5 Å². The highest BCUT2D eigenvalue weighted by Gasteiger charge is 2.32. The Hall–Kier alpha value is -0.690. The lowest BCUT2D eigenvalue weighted by molar-refractivity contribution is 0.259. The largest absolute Gasteiger partial charge is 0.396 e. The van der Waals surface area contributed by atoms with E-state index in [9.17, 15) is 12.8 Å². The molecule has 1 aliphatic heterocycles. The topological polar surface area (TPSA) is 57.6 Å². The highest BCUT2D eigenvalue weighted by Crippen LogP contribution is 2.27. The van der Waals surface area contributed by atoms with Gasteiger partial charge in [-0.25, -0.2) is 12.8 Å². The van der Waals surface area contributed by atoms with Crippen molar-refractivity contribution in [3.8, 4) is 0 Å². The molecule has 19 heavy (non-hydrogen) atoms. The highest BCUT2D eigenvalue weighted by molar-refractivity contribution is 7.89. The number of aliphatic hydroxyl groups excluding tert-OH is 1. The van der Waals surface area contributed by atoms with Crippen LogP contribution in [-0.2, 0) is 10.0 Å². The van der Waals surface area contributed by atoms with E-state index >= 15 is 0 Å². The first kappa shape index (κ1) is 14.7. The molecule has 1 N–H and O–H groups in total. The number of benzene rings is 1. The number of rotatable bonds is 4. The lowest BCUT2D eigenvalue weighted by Crippen LogP contribution is -2.29. The van der Waals surface area contributed by atoms with Gasteiger partial charge in [-0.3, -0.25) is 0 Å². The Morgan fingerprint density at radius 3 is 2.84 bits per heavy atom. The summed E-state index contributed by atoms with van der Waals surface area (Å²) in [6, 6.07) is 3.40. The third-order valence-electron chi connectivity index (χ3n) is 3.31. The first-order chi connectivity index (χ1) is 8.95. The Morgan fingerprint density at radius 2 is 2.21 bits per heavy atom. The Bertz CT molecular complexity index is 564. The van der Waals surface area contributed by atoms with Crippen LogP contribution in [0.3, 0.4) is 0 Å². The average Bonchev–Trinajstić information content (AvgIpc) is 2.82. The van der Waals surface area contributed by atoms with E-state index in [1.807, 2.05) is 0 Å². The van der Waals surface area contributed by atoms with E-state index in [0.29, 0.717) is 19.5 Å². The summed E-state index contributed by atoms with van der Waals surface area (Å²) in [5.41, 5.74) is 0. The zero-order valence-electron chi connectivity index (χ0n) is 10.2. The Kier molecular flexibility index (Phi) is 4.45. The minimum atomic E-state index is -3.63. The van der Waals surface area contributed by atoms with Crippen LogP contribution >= 0.6 is 11.6 Å². The van der Waals surface area contributed by atoms with Crippen LogP contribution in [0.5, 0.6) is 0 Å². The lowest BCUT2D eigenvalue weighted by Gasteiger charge is -2.16. The van der Waals surface area contributed by atoms with Gasteiger partial charge in [0.1, 0.15) is 5.82 Å². The Morgan fingerprint density at radius 1 is 1.47 bits per heavy atom. The number of hydrogen-bond acceptors (Lipinski definition) is 3. The summed E-state index contributed by atoms with van der Waals surface area (Å²) in [5, 5.41) is 8.67. The van der Waals surface area contributed by atoms with Crippen molar-refractivity contribution < 1.29 is 17.9 Å². The molecule has 0 aromatic heterocycles. The molecular weight excluding hydrogens is 293 g/mol. The third kappa shape index (κ3) is 3.08. The zero-order chi connectivity index (χ0) is 14.0. The van der Waals surface area contributed by atoms with Crippen LogP contribution in [0.2, 0.25) is 5.02 Å². The summed E-state index contributed by atoms with van der Waals surface area (Å²) in [4.78, 5) is 0.00329. The molecule has 1 fully saturated rings. The number of nitrogens with zero attached hydrogens (tertiary/aromatic N) is 1. The first-order valence-corrected chi connectivity index (χ1v) is 7.83. The zero-order valence-corrected chi connectivity index (χ0v) is 11.8. The maximum atomic E-state index is 13.1. The summed E-state index contributed by atoms with van der Waals surface area (Å²) in [5.74, 6) is -0.462. The van der Waals surface area contributed by atoms with Crippen LogP contribution < -0.4 is 0 Å². The molecule has 1 aromatic carbocycles. The molecule has 0 radical (unpaired) electrons. The van der Waals surface area contributed by atoms with Crippen molar-refractivity contribution in [2.75, 3.05) is 19.7 Å². The minimum Gasteiger partial charge on any atom is -0.396 e. The molecule has 0 saturated carbocycles. The molecule has 1 saturated heterocycles. The second-order valence-electron chi connectivity index (χ2n) is 4.61. The molecule has 4 nitrogen and oxygen atoms in total. The van der Waals surface area contributed by atoms with Crippen molar-refractivity contribution >= 4 is 21.6 Å². The molecule has 1 atom stereocenters. The van der Waals surface area contributed by atoms with Crippen molar-refractivity contribution in [3.05, 3.63) is 29.0 Å². The second-order valence-corrected chi connectivity index (χ2v) is 6.95. The van der Waals surface area contributed by atoms with E-state index in [2.05, 4.69) is 0 Å². The van der Waals surface area contributed by atoms with Crippen LogP contribution in [0, 0.1) is 11.7 Å². The monoisotopic (exact) mass is 307 g/mol. The summed E-state index contributed by atoms with van der Waals surface area (Å²) in [6.07, 6.45) is 1.32. The molecule has 106 valence electrons. The normalized spacial score (nSPS) is 20.9. The van der Waals surface area contributed by atoms with E-state index in [1.54, 1.807) is 0 Å². The van der Waals surface area contributed by atoms with Gasteiger partial charge in [0.05, 0.1) is 9.92 Å². The van der Waals surface area contributed by atoms with Crippen LogP contribution in [0.4, 0.5) is 4.39 Å². The SMILES string of the molecule is O=S(=O)(c1ccc(F)c(Cl)c1)N1CCC(CCO)C1. The first-order valence-electron chi connectivity index (χ1n) is 6.01. The average molecular weight is 308 g/mol. The highest BCUT2D eigenvalue weighted by atomic mass is 35.5. The van der Waals surface area contributed by atoms with Gasteiger partial charge in [-0.2, -0.15) is 4.31 Å². The standard InChI is InChI=1S/C12H15ClFNO3S/c13-11-7-10(1-2-12(11)14)19(17,18)15-5-3-9(8-15)4-6-16/h1-2,7,9,16H,3-6,8H2. The van der Waals surface area contributed by atoms with Gasteiger partial charge >= 0.3 is 0 Å². The third-order valence-corrected chi connectivity index (χ3v) is 5.47. The van der Waals surface area contributed by atoms with Crippen molar-refractivity contribution in [2.24, 2.45) is 5.92 Å². The van der Waals surface area contributed by atoms with Crippen LogP contribution in [0.15, 0.2) is 23.1 Å². The summed E-state index contributed by atoms with van der Waals surface area (Å²) >= 11 is 5.61. The molecular formula is C12H15ClFNO3S. The molecule has 1 aromatic rings. The molecule has 1 unspecified atom stereocenters. The lowest BCUT2D eigenvalue weighted by atomic mass is 10.1. The minimum absolute atomic E-state index is 0.00329. The number of hydrogen-bond donors (Lipinski definition) is 1. The molecule has 1 aliphatic rings. The molecule has 0 spiro atoms. The number of halogens is 2.